The van der Waals surface area contributed by atoms with E-state index in [0.717, 1.165) is 5.56 Å². The summed E-state index contributed by atoms with van der Waals surface area (Å²) < 4.78 is 15.2. The third-order valence-electron chi connectivity index (χ3n) is 3.06. The second-order valence-corrected chi connectivity index (χ2v) is 5.05. The Labute approximate surface area is 140 Å². The molecule has 1 amide bonds. The van der Waals surface area contributed by atoms with Crippen LogP contribution in [0.4, 0.5) is 5.69 Å². The van der Waals surface area contributed by atoms with Gasteiger partial charge in [0.2, 0.25) is 0 Å². The number of rotatable bonds is 7. The van der Waals surface area contributed by atoms with Crippen LogP contribution in [0.25, 0.3) is 0 Å². The Hall–Kier alpha value is -3.02. The van der Waals surface area contributed by atoms with Crippen molar-refractivity contribution in [2.45, 2.75) is 6.92 Å². The first-order valence-electron chi connectivity index (χ1n) is 7.36. The highest BCUT2D eigenvalue weighted by atomic mass is 16.6. The molecule has 24 heavy (non-hydrogen) atoms. The number of methoxy groups -OCH3 is 1. The number of aryl methyl sites for hydroxylation is 1. The molecule has 0 saturated heterocycles. The lowest BCUT2D eigenvalue weighted by Crippen LogP contribution is -2.23. The molecule has 0 spiro atoms. The predicted octanol–water partition coefficient (Wildman–Crippen LogP) is 2.56. The summed E-state index contributed by atoms with van der Waals surface area (Å²) in [4.78, 5) is 23.4. The van der Waals surface area contributed by atoms with Gasteiger partial charge in [0.1, 0.15) is 11.5 Å². The third-order valence-corrected chi connectivity index (χ3v) is 3.06. The molecule has 0 aromatic heterocycles. The number of benzene rings is 2. The van der Waals surface area contributed by atoms with E-state index in [2.05, 4.69) is 5.32 Å². The van der Waals surface area contributed by atoms with E-state index in [1.807, 2.05) is 25.1 Å². The molecule has 0 aliphatic rings. The van der Waals surface area contributed by atoms with Crippen LogP contribution in [-0.2, 0) is 14.3 Å². The van der Waals surface area contributed by atoms with Gasteiger partial charge in [0.15, 0.2) is 13.2 Å². The van der Waals surface area contributed by atoms with Crippen molar-refractivity contribution in [2.24, 2.45) is 0 Å². The molecule has 0 fully saturated rings. The minimum absolute atomic E-state index is 0.287. The van der Waals surface area contributed by atoms with Gasteiger partial charge in [-0.3, -0.25) is 4.79 Å². The number of nitrogens with one attached hydrogen (secondary N) is 1. The minimum atomic E-state index is -0.628. The SMILES string of the molecule is COc1cccc(OCC(=O)OCC(=O)Nc2cccc(C)c2)c1. The fraction of sp³-hybridized carbons (Fsp3) is 0.222. The summed E-state index contributed by atoms with van der Waals surface area (Å²) in [5.74, 6) is 0.0708. The molecule has 0 radical (unpaired) electrons. The lowest BCUT2D eigenvalue weighted by atomic mass is 10.2. The van der Waals surface area contributed by atoms with Crippen LogP contribution >= 0.6 is 0 Å². The maximum atomic E-state index is 11.7. The number of hydrogen-bond donors (Lipinski definition) is 1. The summed E-state index contributed by atoms with van der Waals surface area (Å²) in [6.45, 7) is 1.27. The van der Waals surface area contributed by atoms with E-state index in [-0.39, 0.29) is 13.2 Å². The van der Waals surface area contributed by atoms with Gasteiger partial charge in [-0.05, 0) is 36.8 Å². The lowest BCUT2D eigenvalue weighted by molar-refractivity contribution is -0.149. The van der Waals surface area contributed by atoms with E-state index in [9.17, 15) is 9.59 Å². The van der Waals surface area contributed by atoms with Crippen molar-refractivity contribution >= 4 is 17.6 Å². The molecular weight excluding hydrogens is 310 g/mol. The summed E-state index contributed by atoms with van der Waals surface area (Å²) in [5, 5.41) is 2.65. The van der Waals surface area contributed by atoms with Gasteiger partial charge in [-0.15, -0.1) is 0 Å². The molecular formula is C18H19NO5. The van der Waals surface area contributed by atoms with Crippen molar-refractivity contribution in [3.8, 4) is 11.5 Å². The van der Waals surface area contributed by atoms with Crippen LogP contribution in [0.2, 0.25) is 0 Å². The molecule has 0 bridgehead atoms. The van der Waals surface area contributed by atoms with Crippen LogP contribution in [-0.4, -0.2) is 32.2 Å². The third kappa shape index (κ3) is 5.64. The Kier molecular flexibility index (Phi) is 6.19. The molecule has 6 nitrogen and oxygen atoms in total. The van der Waals surface area contributed by atoms with E-state index >= 15 is 0 Å². The van der Waals surface area contributed by atoms with E-state index in [4.69, 9.17) is 14.2 Å². The van der Waals surface area contributed by atoms with Crippen molar-refractivity contribution < 1.29 is 23.8 Å². The first-order chi connectivity index (χ1) is 11.6. The van der Waals surface area contributed by atoms with Crippen molar-refractivity contribution in [3.05, 3.63) is 54.1 Å². The highest BCUT2D eigenvalue weighted by Crippen LogP contribution is 2.18. The van der Waals surface area contributed by atoms with E-state index in [1.165, 1.54) is 0 Å². The number of hydrogen-bond acceptors (Lipinski definition) is 5. The van der Waals surface area contributed by atoms with Gasteiger partial charge in [0.25, 0.3) is 5.91 Å². The van der Waals surface area contributed by atoms with Crippen LogP contribution in [0.15, 0.2) is 48.5 Å². The first-order valence-corrected chi connectivity index (χ1v) is 7.36. The van der Waals surface area contributed by atoms with Gasteiger partial charge < -0.3 is 19.5 Å². The number of amides is 1. The summed E-state index contributed by atoms with van der Waals surface area (Å²) in [6.07, 6.45) is 0. The number of ether oxygens (including phenoxy) is 3. The van der Waals surface area contributed by atoms with Gasteiger partial charge in [0.05, 0.1) is 7.11 Å². The second kappa shape index (κ2) is 8.57. The molecule has 0 aliphatic carbocycles. The number of esters is 1. The highest BCUT2D eigenvalue weighted by Gasteiger charge is 2.09. The van der Waals surface area contributed by atoms with Gasteiger partial charge in [0, 0.05) is 11.8 Å². The molecule has 6 heteroatoms. The van der Waals surface area contributed by atoms with E-state index in [0.29, 0.717) is 17.2 Å². The Balaban J connectivity index is 1.73. The van der Waals surface area contributed by atoms with Gasteiger partial charge in [-0.1, -0.05) is 18.2 Å². The number of carbonyl (C=O) groups is 2. The molecule has 1 N–H and O–H groups in total. The molecule has 0 saturated carbocycles. The molecule has 2 aromatic rings. The normalized spacial score (nSPS) is 9.92. The Morgan fingerprint density at radius 3 is 2.50 bits per heavy atom. The summed E-state index contributed by atoms with van der Waals surface area (Å²) >= 11 is 0. The van der Waals surface area contributed by atoms with Crippen LogP contribution in [0.1, 0.15) is 5.56 Å². The van der Waals surface area contributed by atoms with Crippen LogP contribution in [0.5, 0.6) is 11.5 Å². The fourth-order valence-electron chi connectivity index (χ4n) is 1.94. The highest BCUT2D eigenvalue weighted by molar-refractivity contribution is 5.92. The molecule has 0 atom stereocenters. The summed E-state index contributed by atoms with van der Waals surface area (Å²) in [7, 11) is 1.54. The zero-order chi connectivity index (χ0) is 17.4. The molecule has 2 aromatic carbocycles. The summed E-state index contributed by atoms with van der Waals surface area (Å²) in [6, 6.07) is 14.2. The Morgan fingerprint density at radius 1 is 1.00 bits per heavy atom. The summed E-state index contributed by atoms with van der Waals surface area (Å²) in [5.41, 5.74) is 1.68. The fourth-order valence-corrected chi connectivity index (χ4v) is 1.94. The van der Waals surface area contributed by atoms with E-state index < -0.39 is 11.9 Å². The quantitative estimate of drug-likeness (QED) is 0.790. The predicted molar refractivity (Wildman–Crippen MR) is 89.3 cm³/mol. The maximum absolute atomic E-state index is 11.7. The smallest absolute Gasteiger partial charge is 0.344 e. The van der Waals surface area contributed by atoms with Gasteiger partial charge in [-0.25, -0.2) is 4.79 Å². The van der Waals surface area contributed by atoms with Crippen molar-refractivity contribution in [1.29, 1.82) is 0 Å². The average molecular weight is 329 g/mol. The van der Waals surface area contributed by atoms with Gasteiger partial charge in [-0.2, -0.15) is 0 Å². The standard InChI is InChI=1S/C18H19NO5/c1-13-5-3-6-14(9-13)19-17(20)11-24-18(21)12-23-16-8-4-7-15(10-16)22-2/h3-10H,11-12H2,1-2H3,(H,19,20). The molecule has 0 heterocycles. The van der Waals surface area contributed by atoms with Crippen molar-refractivity contribution in [2.75, 3.05) is 25.6 Å². The average Bonchev–Trinajstić information content (AvgIpc) is 2.58. The Morgan fingerprint density at radius 2 is 1.75 bits per heavy atom. The first kappa shape index (κ1) is 17.3. The monoisotopic (exact) mass is 329 g/mol. The molecule has 0 unspecified atom stereocenters. The van der Waals surface area contributed by atoms with Gasteiger partial charge >= 0.3 is 5.97 Å². The van der Waals surface area contributed by atoms with Crippen LogP contribution in [0.3, 0.4) is 0 Å². The largest absolute Gasteiger partial charge is 0.497 e. The Bertz CT molecular complexity index is 714. The number of carbonyl (C=O) groups excluding carboxylic acids is 2. The second-order valence-electron chi connectivity index (χ2n) is 5.05. The van der Waals surface area contributed by atoms with E-state index in [1.54, 1.807) is 37.4 Å². The molecule has 2 rings (SSSR count). The minimum Gasteiger partial charge on any atom is -0.497 e. The number of anilines is 1. The molecule has 0 aliphatic heterocycles. The molecule has 126 valence electrons. The van der Waals surface area contributed by atoms with Crippen LogP contribution in [0, 0.1) is 6.92 Å². The lowest BCUT2D eigenvalue weighted by Gasteiger charge is -2.09. The zero-order valence-electron chi connectivity index (χ0n) is 13.6. The van der Waals surface area contributed by atoms with Crippen molar-refractivity contribution in [1.82, 2.24) is 0 Å². The van der Waals surface area contributed by atoms with Crippen LogP contribution < -0.4 is 14.8 Å². The zero-order valence-corrected chi connectivity index (χ0v) is 13.6. The maximum Gasteiger partial charge on any atom is 0.344 e. The van der Waals surface area contributed by atoms with Crippen molar-refractivity contribution in [3.63, 3.8) is 0 Å². The topological polar surface area (TPSA) is 73.9 Å².